The predicted molar refractivity (Wildman–Crippen MR) is 160 cm³/mol. The van der Waals surface area contributed by atoms with E-state index in [1.807, 2.05) is 24.3 Å². The van der Waals surface area contributed by atoms with E-state index in [-0.39, 0.29) is 28.5 Å². The molecule has 0 bridgehead atoms. The Morgan fingerprint density at radius 2 is 1.92 bits per heavy atom. The molecule has 1 aliphatic carbocycles. The van der Waals surface area contributed by atoms with Crippen LogP contribution in [0, 0.1) is 11.7 Å². The molecule has 0 fully saturated rings. The van der Waals surface area contributed by atoms with Gasteiger partial charge in [-0.05, 0) is 71.9 Å². The first-order valence-electron chi connectivity index (χ1n) is 13.4. The van der Waals surface area contributed by atoms with E-state index in [2.05, 4.69) is 33.0 Å². The van der Waals surface area contributed by atoms with Crippen LogP contribution < -0.4 is 10.9 Å². The summed E-state index contributed by atoms with van der Waals surface area (Å²) in [7, 11) is 0. The molecule has 39 heavy (non-hydrogen) atoms. The summed E-state index contributed by atoms with van der Waals surface area (Å²) in [5.41, 5.74) is 3.80. The van der Waals surface area contributed by atoms with Gasteiger partial charge in [-0.25, -0.2) is 9.37 Å². The number of benzene rings is 2. The maximum atomic E-state index is 13.9. The Morgan fingerprint density at radius 3 is 2.67 bits per heavy atom. The van der Waals surface area contributed by atoms with Crippen molar-refractivity contribution >= 4 is 44.9 Å². The Bertz CT molecular complexity index is 1570. The number of hydrogen-bond acceptors (Lipinski definition) is 5. The van der Waals surface area contributed by atoms with Crippen LogP contribution in [0.4, 0.5) is 10.1 Å². The van der Waals surface area contributed by atoms with E-state index in [1.54, 1.807) is 28.0 Å². The number of nitrogens with one attached hydrogen (secondary N) is 1. The van der Waals surface area contributed by atoms with Gasteiger partial charge in [0.15, 0.2) is 5.16 Å². The zero-order valence-corrected chi connectivity index (χ0v) is 24.5. The molecular weight excluding hydrogens is 529 g/mol. The number of carbonyl (C=O) groups is 1. The minimum Gasteiger partial charge on any atom is -0.325 e. The summed E-state index contributed by atoms with van der Waals surface area (Å²) < 4.78 is 15.1. The molecule has 5 rings (SSSR count). The van der Waals surface area contributed by atoms with Gasteiger partial charge in [-0.1, -0.05) is 69.8 Å². The van der Waals surface area contributed by atoms with Crippen LogP contribution in [0.15, 0.2) is 58.5 Å². The second kappa shape index (κ2) is 11.3. The first kappa shape index (κ1) is 27.6. The van der Waals surface area contributed by atoms with Crippen LogP contribution in [-0.2, 0) is 36.0 Å². The van der Waals surface area contributed by atoms with Crippen molar-refractivity contribution in [1.82, 2.24) is 9.55 Å². The zero-order valence-electron chi connectivity index (χ0n) is 22.8. The number of nitrogens with zero attached hydrogens (tertiary/aromatic N) is 2. The van der Waals surface area contributed by atoms with Gasteiger partial charge in [0.2, 0.25) is 5.91 Å². The number of fused-ring (bicyclic) bond motifs is 3. The van der Waals surface area contributed by atoms with Crippen LogP contribution in [0.5, 0.6) is 0 Å². The highest BCUT2D eigenvalue weighted by Crippen LogP contribution is 2.37. The third-order valence-corrected chi connectivity index (χ3v) is 9.38. The Labute approximate surface area is 236 Å². The fourth-order valence-electron chi connectivity index (χ4n) is 5.17. The number of carbonyl (C=O) groups excluding carboxylic acids is 1. The molecule has 2 aromatic heterocycles. The van der Waals surface area contributed by atoms with E-state index >= 15 is 0 Å². The van der Waals surface area contributed by atoms with E-state index in [1.165, 1.54) is 28.8 Å². The number of aryl methyl sites for hydroxylation is 2. The van der Waals surface area contributed by atoms with Crippen molar-refractivity contribution in [2.75, 3.05) is 11.1 Å². The molecule has 2 heterocycles. The Kier molecular flexibility index (Phi) is 7.96. The molecule has 4 aromatic rings. The fourth-order valence-corrected chi connectivity index (χ4v) is 7.42. The van der Waals surface area contributed by atoms with Crippen LogP contribution >= 0.6 is 23.1 Å². The molecule has 8 heteroatoms. The summed E-state index contributed by atoms with van der Waals surface area (Å²) in [5, 5.41) is 4.33. The molecule has 1 unspecified atom stereocenters. The lowest BCUT2D eigenvalue weighted by Crippen LogP contribution is -2.26. The van der Waals surface area contributed by atoms with E-state index in [4.69, 9.17) is 4.98 Å². The average Bonchev–Trinajstić information content (AvgIpc) is 3.25. The molecule has 1 aliphatic rings. The van der Waals surface area contributed by atoms with Crippen molar-refractivity contribution in [3.8, 4) is 0 Å². The summed E-state index contributed by atoms with van der Waals surface area (Å²) in [6.45, 7) is 9.01. The minimum atomic E-state index is -0.284. The lowest BCUT2D eigenvalue weighted by atomic mass is 9.86. The topological polar surface area (TPSA) is 64.0 Å². The number of halogens is 1. The molecule has 0 radical (unpaired) electrons. The van der Waals surface area contributed by atoms with Crippen LogP contribution in [0.2, 0.25) is 0 Å². The molecule has 1 atom stereocenters. The molecule has 1 amide bonds. The van der Waals surface area contributed by atoms with E-state index in [0.29, 0.717) is 24.0 Å². The van der Waals surface area contributed by atoms with Crippen molar-refractivity contribution in [3.63, 3.8) is 0 Å². The molecule has 0 saturated carbocycles. The Balaban J connectivity index is 1.43. The number of thioether (sulfide) groups is 1. The summed E-state index contributed by atoms with van der Waals surface area (Å²) in [6, 6.07) is 14.2. The number of para-hydroxylation sites is 1. The van der Waals surface area contributed by atoms with Crippen molar-refractivity contribution in [1.29, 1.82) is 0 Å². The third-order valence-electron chi connectivity index (χ3n) is 7.26. The Hall–Kier alpha value is -2.97. The van der Waals surface area contributed by atoms with Gasteiger partial charge < -0.3 is 5.32 Å². The summed E-state index contributed by atoms with van der Waals surface area (Å²) in [5.74, 6) is 0.304. The predicted octanol–water partition coefficient (Wildman–Crippen LogP) is 6.99. The second-order valence-electron chi connectivity index (χ2n) is 11.4. The number of rotatable bonds is 7. The van der Waals surface area contributed by atoms with Gasteiger partial charge in [-0.3, -0.25) is 14.2 Å². The van der Waals surface area contributed by atoms with Gasteiger partial charge >= 0.3 is 0 Å². The summed E-state index contributed by atoms with van der Waals surface area (Å²) >= 11 is 2.91. The second-order valence-corrected chi connectivity index (χ2v) is 13.4. The Morgan fingerprint density at radius 1 is 1.18 bits per heavy atom. The van der Waals surface area contributed by atoms with Crippen molar-refractivity contribution in [2.24, 2.45) is 5.92 Å². The van der Waals surface area contributed by atoms with E-state index < -0.39 is 0 Å². The number of anilines is 1. The molecule has 1 N–H and O–H groups in total. The van der Waals surface area contributed by atoms with Crippen LogP contribution in [0.25, 0.3) is 10.2 Å². The molecule has 0 saturated heterocycles. The monoisotopic (exact) mass is 563 g/mol. The van der Waals surface area contributed by atoms with Crippen molar-refractivity contribution in [3.05, 3.63) is 86.3 Å². The lowest BCUT2D eigenvalue weighted by Gasteiger charge is -2.23. The summed E-state index contributed by atoms with van der Waals surface area (Å²) in [6.07, 6.45) is 3.51. The number of amides is 1. The van der Waals surface area contributed by atoms with Gasteiger partial charge in [-0.15, -0.1) is 11.3 Å². The van der Waals surface area contributed by atoms with Crippen LogP contribution in [-0.4, -0.2) is 21.2 Å². The maximum absolute atomic E-state index is 13.9. The van der Waals surface area contributed by atoms with Gasteiger partial charge in [0.1, 0.15) is 10.6 Å². The SMILES string of the molecule is CC1CCc2c(sc3nc(SCC(=O)Nc4ccccc4C(C)(C)C)n(CCc4ccc(F)cc4)c(=O)c23)C1. The number of aromatic nitrogens is 2. The van der Waals surface area contributed by atoms with Gasteiger partial charge in [-0.2, -0.15) is 0 Å². The van der Waals surface area contributed by atoms with Crippen LogP contribution in [0.3, 0.4) is 0 Å². The molecular formula is C31H34FN3O2S2. The number of thiophene rings is 1. The number of hydrogen-bond donors (Lipinski definition) is 1. The first-order chi connectivity index (χ1) is 18.6. The zero-order chi connectivity index (χ0) is 27.7. The highest BCUT2D eigenvalue weighted by atomic mass is 32.2. The van der Waals surface area contributed by atoms with E-state index in [0.717, 1.165) is 51.9 Å². The van der Waals surface area contributed by atoms with Gasteiger partial charge in [0.25, 0.3) is 5.56 Å². The van der Waals surface area contributed by atoms with Gasteiger partial charge in [0.05, 0.1) is 11.1 Å². The lowest BCUT2D eigenvalue weighted by molar-refractivity contribution is -0.113. The highest BCUT2D eigenvalue weighted by molar-refractivity contribution is 7.99. The minimum absolute atomic E-state index is 0.0462. The maximum Gasteiger partial charge on any atom is 0.263 e. The van der Waals surface area contributed by atoms with E-state index in [9.17, 15) is 14.0 Å². The standard InChI is InChI=1S/C31H34FN3O2S2/c1-19-9-14-22-25(17-19)39-28-27(22)29(37)35(16-15-20-10-12-21(32)13-11-20)30(34-28)38-18-26(36)33-24-8-6-5-7-23(24)31(2,3)4/h5-8,10-13,19H,9,14-18H2,1-4H3,(H,33,36). The van der Waals surface area contributed by atoms with Crippen molar-refractivity contribution in [2.45, 2.75) is 70.5 Å². The quantitative estimate of drug-likeness (QED) is 0.194. The smallest absolute Gasteiger partial charge is 0.263 e. The van der Waals surface area contributed by atoms with Crippen LogP contribution in [0.1, 0.15) is 55.7 Å². The van der Waals surface area contributed by atoms with Crippen molar-refractivity contribution < 1.29 is 9.18 Å². The molecule has 0 aliphatic heterocycles. The third kappa shape index (κ3) is 6.12. The van der Waals surface area contributed by atoms with Gasteiger partial charge in [0, 0.05) is 17.1 Å². The molecule has 5 nitrogen and oxygen atoms in total. The molecule has 2 aromatic carbocycles. The first-order valence-corrected chi connectivity index (χ1v) is 15.2. The molecule has 204 valence electrons. The summed E-state index contributed by atoms with van der Waals surface area (Å²) in [4.78, 5) is 33.9. The largest absolute Gasteiger partial charge is 0.325 e. The fraction of sp³-hybridized carbons (Fsp3) is 0.387. The molecule has 0 spiro atoms. The normalized spacial score (nSPS) is 15.4. The highest BCUT2D eigenvalue weighted by Gasteiger charge is 2.25. The average molecular weight is 564 g/mol.